The normalized spacial score (nSPS) is 14.0. The van der Waals surface area contributed by atoms with Gasteiger partial charge in [-0.15, -0.1) is 0 Å². The molecule has 0 aromatic heterocycles. The van der Waals surface area contributed by atoms with Crippen LogP contribution in [0.3, 0.4) is 0 Å². The highest BCUT2D eigenvalue weighted by Gasteiger charge is 2.25. The van der Waals surface area contributed by atoms with Crippen LogP contribution in [0.15, 0.2) is 229 Å². The molecule has 0 spiro atoms. The van der Waals surface area contributed by atoms with Crippen LogP contribution in [0.25, 0.3) is 50.1 Å². The maximum absolute atomic E-state index is 2.53. The van der Waals surface area contributed by atoms with Gasteiger partial charge in [0.2, 0.25) is 0 Å². The number of hydrogen-bond donors (Lipinski definition) is 0. The van der Waals surface area contributed by atoms with Crippen molar-refractivity contribution in [3.05, 3.63) is 235 Å². The van der Waals surface area contributed by atoms with Gasteiger partial charge in [0.05, 0.1) is 0 Å². The van der Waals surface area contributed by atoms with Gasteiger partial charge in [-0.3, -0.25) is 0 Å². The second-order valence-electron chi connectivity index (χ2n) is 14.3. The molecule has 1 heteroatoms. The Kier molecular flexibility index (Phi) is 9.75. The Morgan fingerprint density at radius 2 is 0.818 bits per heavy atom. The minimum Gasteiger partial charge on any atom is -0.314 e. The van der Waals surface area contributed by atoms with E-state index in [9.17, 15) is 0 Å². The Hall–Kier alpha value is -6.70. The van der Waals surface area contributed by atoms with Crippen molar-refractivity contribution in [2.75, 3.05) is 4.90 Å². The van der Waals surface area contributed by atoms with E-state index in [-0.39, 0.29) is 0 Å². The average Bonchev–Trinajstić information content (AvgIpc) is 3.28. The summed E-state index contributed by atoms with van der Waals surface area (Å²) in [4.78, 5) is 2.53. The summed E-state index contributed by atoms with van der Waals surface area (Å²) in [5.74, 6) is 0. The van der Waals surface area contributed by atoms with E-state index in [2.05, 4.69) is 217 Å². The molecule has 0 radical (unpaired) electrons. The van der Waals surface area contributed by atoms with E-state index < -0.39 is 0 Å². The van der Waals surface area contributed by atoms with Crippen molar-refractivity contribution >= 4 is 16.9 Å². The van der Waals surface area contributed by atoms with Gasteiger partial charge >= 0.3 is 0 Å². The highest BCUT2D eigenvalue weighted by Crippen LogP contribution is 2.45. The first-order valence-electron chi connectivity index (χ1n) is 19.5. The Morgan fingerprint density at radius 3 is 1.25 bits per heavy atom. The molecule has 0 bridgehead atoms. The van der Waals surface area contributed by atoms with Gasteiger partial charge in [-0.05, 0) is 123 Å². The minimum absolute atomic E-state index is 0.926. The molecule has 0 atom stereocenters. The molecule has 0 saturated heterocycles. The average molecular weight is 706 g/mol. The van der Waals surface area contributed by atoms with Gasteiger partial charge in [0.25, 0.3) is 0 Å². The smallest absolute Gasteiger partial charge is 0.0465 e. The Bertz CT molecular complexity index is 2420. The zero-order valence-corrected chi connectivity index (χ0v) is 31.0. The monoisotopic (exact) mass is 705 g/mol. The topological polar surface area (TPSA) is 3.24 Å². The highest BCUT2D eigenvalue weighted by molar-refractivity contribution is 5.91. The van der Waals surface area contributed by atoms with Gasteiger partial charge < -0.3 is 4.90 Å². The number of allylic oxidation sites excluding steroid dienone is 8. The Morgan fingerprint density at radius 1 is 0.382 bits per heavy atom. The fourth-order valence-corrected chi connectivity index (χ4v) is 8.23. The van der Waals surface area contributed by atoms with Gasteiger partial charge in [0, 0.05) is 17.1 Å². The molecule has 7 aromatic carbocycles. The first kappa shape index (κ1) is 34.1. The first-order valence-corrected chi connectivity index (χ1v) is 19.5. The molecule has 2 aliphatic rings. The van der Waals surface area contributed by atoms with Crippen molar-refractivity contribution in [2.45, 2.75) is 25.7 Å². The van der Waals surface area contributed by atoms with E-state index in [4.69, 9.17) is 0 Å². The summed E-state index contributed by atoms with van der Waals surface area (Å²) in [5.41, 5.74) is 18.8. The van der Waals surface area contributed by atoms with Crippen LogP contribution in [0, 0.1) is 0 Å². The first-order chi connectivity index (χ1) is 27.3. The van der Waals surface area contributed by atoms with Crippen molar-refractivity contribution < 1.29 is 0 Å². The van der Waals surface area contributed by atoms with Gasteiger partial charge in [-0.25, -0.2) is 0 Å². The van der Waals surface area contributed by atoms with Crippen LogP contribution in [0.5, 0.6) is 0 Å². The van der Waals surface area contributed by atoms with Crippen LogP contribution >= 0.6 is 0 Å². The molecule has 0 saturated carbocycles. The van der Waals surface area contributed by atoms with Crippen LogP contribution in [-0.2, 0) is 0 Å². The Labute approximate surface area is 325 Å². The number of rotatable bonds is 9. The van der Waals surface area contributed by atoms with E-state index in [1.165, 1.54) is 72.5 Å². The van der Waals surface area contributed by atoms with Crippen LogP contribution in [-0.4, -0.2) is 0 Å². The molecule has 0 amide bonds. The lowest BCUT2D eigenvalue weighted by Crippen LogP contribution is -2.19. The maximum Gasteiger partial charge on any atom is 0.0465 e. The fraction of sp³-hybridized carbons (Fsp3) is 0.0741. The number of anilines is 2. The predicted octanol–water partition coefficient (Wildman–Crippen LogP) is 14.9. The third-order valence-corrected chi connectivity index (χ3v) is 10.9. The van der Waals surface area contributed by atoms with Crippen LogP contribution in [0.4, 0.5) is 11.4 Å². The van der Waals surface area contributed by atoms with E-state index >= 15 is 0 Å². The van der Waals surface area contributed by atoms with E-state index in [0.29, 0.717) is 0 Å². The SMILES string of the molecule is C1=CCCC(C2=C(c3ccccc3)C=C(N(c3ccc(-c4ccccc4)c(-c4ccccc4)c3)c3ccc(-c4ccccc4)c(-c4ccccc4)c3)CC2)=C1. The predicted molar refractivity (Wildman–Crippen MR) is 234 cm³/mol. The zero-order chi connectivity index (χ0) is 36.8. The molecule has 7 aromatic rings. The van der Waals surface area contributed by atoms with Crippen molar-refractivity contribution in [1.29, 1.82) is 0 Å². The van der Waals surface area contributed by atoms with Crippen LogP contribution in [0.1, 0.15) is 31.2 Å². The van der Waals surface area contributed by atoms with E-state index in [1.54, 1.807) is 0 Å². The standard InChI is InChI=1S/C54H43N/c1-7-19-40(20-8-1)49-34-31-46(37-52(49)43-25-13-4-14-26-43)55(47-32-35-50(41-21-9-2-10-22-41)53(38-47)44-27-15-5-16-28-44)48-33-36-51(42-23-11-3-12-24-42)54(39-48)45-29-17-6-18-30-45/h1-11,13-23,25-32,34-35,37-39H,12,24,33,36H2. The maximum atomic E-state index is 2.53. The summed E-state index contributed by atoms with van der Waals surface area (Å²) in [5, 5.41) is 0. The third kappa shape index (κ3) is 7.18. The summed E-state index contributed by atoms with van der Waals surface area (Å²) in [7, 11) is 0. The number of benzene rings is 7. The molecule has 0 heterocycles. The molecule has 9 rings (SSSR count). The van der Waals surface area contributed by atoms with Crippen molar-refractivity contribution in [3.63, 3.8) is 0 Å². The minimum atomic E-state index is 0.926. The molecule has 1 nitrogen and oxygen atoms in total. The van der Waals surface area contributed by atoms with Gasteiger partial charge in [-0.1, -0.05) is 182 Å². The lowest BCUT2D eigenvalue weighted by molar-refractivity contribution is 0.855. The van der Waals surface area contributed by atoms with Crippen molar-refractivity contribution in [1.82, 2.24) is 0 Å². The second kappa shape index (κ2) is 15.7. The molecule has 0 fully saturated rings. The third-order valence-electron chi connectivity index (χ3n) is 10.9. The molecule has 0 N–H and O–H groups in total. The summed E-state index contributed by atoms with van der Waals surface area (Å²) < 4.78 is 0. The number of hydrogen-bond acceptors (Lipinski definition) is 1. The molecular formula is C54H43N. The van der Waals surface area contributed by atoms with Gasteiger partial charge in [0.1, 0.15) is 0 Å². The lowest BCUT2D eigenvalue weighted by Gasteiger charge is -2.33. The van der Waals surface area contributed by atoms with Crippen molar-refractivity contribution in [3.8, 4) is 44.5 Å². The van der Waals surface area contributed by atoms with Gasteiger partial charge in [0.15, 0.2) is 0 Å². The summed E-state index contributed by atoms with van der Waals surface area (Å²) in [6.07, 6.45) is 13.4. The van der Waals surface area contributed by atoms with Gasteiger partial charge in [-0.2, -0.15) is 0 Å². The molecule has 0 aliphatic heterocycles. The summed E-state index contributed by atoms with van der Waals surface area (Å²) in [6.45, 7) is 0. The lowest BCUT2D eigenvalue weighted by atomic mass is 9.83. The largest absolute Gasteiger partial charge is 0.314 e. The summed E-state index contributed by atoms with van der Waals surface area (Å²) in [6, 6.07) is 68.3. The Balaban J connectivity index is 1.29. The molecule has 0 unspecified atom stereocenters. The highest BCUT2D eigenvalue weighted by atomic mass is 15.1. The summed E-state index contributed by atoms with van der Waals surface area (Å²) >= 11 is 0. The van der Waals surface area contributed by atoms with Crippen molar-refractivity contribution in [2.24, 2.45) is 0 Å². The number of nitrogens with zero attached hydrogens (tertiary/aromatic N) is 1. The van der Waals surface area contributed by atoms with Crippen LogP contribution in [0.2, 0.25) is 0 Å². The van der Waals surface area contributed by atoms with E-state index in [1.807, 2.05) is 0 Å². The quantitative estimate of drug-likeness (QED) is 0.145. The zero-order valence-electron chi connectivity index (χ0n) is 31.0. The second-order valence-corrected chi connectivity index (χ2v) is 14.3. The fourth-order valence-electron chi connectivity index (χ4n) is 8.23. The van der Waals surface area contributed by atoms with E-state index in [0.717, 1.165) is 37.1 Å². The molecule has 2 aliphatic carbocycles. The van der Waals surface area contributed by atoms with Crippen LogP contribution < -0.4 is 4.90 Å². The molecule has 55 heavy (non-hydrogen) atoms. The molecule has 264 valence electrons. The molecular weight excluding hydrogens is 663 g/mol.